The van der Waals surface area contributed by atoms with Crippen LogP contribution in [-0.4, -0.2) is 45.5 Å². The van der Waals surface area contributed by atoms with Crippen LogP contribution in [0.5, 0.6) is 11.5 Å². The van der Waals surface area contributed by atoms with Crippen LogP contribution in [0, 0.1) is 5.82 Å². The topological polar surface area (TPSA) is 69.5 Å². The van der Waals surface area contributed by atoms with Gasteiger partial charge in [0.25, 0.3) is 0 Å². The maximum absolute atomic E-state index is 14.7. The molecule has 0 N–H and O–H groups in total. The number of methoxy groups -OCH3 is 1. The van der Waals surface area contributed by atoms with Crippen molar-refractivity contribution in [3.63, 3.8) is 0 Å². The van der Waals surface area contributed by atoms with E-state index in [4.69, 9.17) is 9.47 Å². The van der Waals surface area contributed by atoms with Gasteiger partial charge in [0.15, 0.2) is 11.0 Å². The Hall–Kier alpha value is -3.85. The van der Waals surface area contributed by atoms with Crippen LogP contribution < -0.4 is 9.47 Å². The molecule has 9 heteroatoms. The highest BCUT2D eigenvalue weighted by molar-refractivity contribution is 7.99. The summed E-state index contributed by atoms with van der Waals surface area (Å²) in [5.74, 6) is 1.38. The second-order valence-corrected chi connectivity index (χ2v) is 8.62. The molecule has 180 valence electrons. The Kier molecular flexibility index (Phi) is 7.99. The molecule has 0 aliphatic carbocycles. The highest BCUT2D eigenvalue weighted by Crippen LogP contribution is 2.25. The van der Waals surface area contributed by atoms with E-state index >= 15 is 0 Å². The molecule has 1 amide bonds. The molecular weight excluding hydrogens is 467 g/mol. The lowest BCUT2D eigenvalue weighted by Gasteiger charge is -2.17. The largest absolute Gasteiger partial charge is 0.497 e. The van der Waals surface area contributed by atoms with Crippen molar-refractivity contribution in [1.29, 1.82) is 0 Å². The Bertz CT molecular complexity index is 1270. The lowest BCUT2D eigenvalue weighted by Crippen LogP contribution is -2.27. The van der Waals surface area contributed by atoms with Crippen molar-refractivity contribution in [2.24, 2.45) is 0 Å². The Morgan fingerprint density at radius 3 is 2.37 bits per heavy atom. The normalized spacial score (nSPS) is 10.7. The standard InChI is InChI=1S/C26H25FN4O3S/c1-30(16-19-8-4-3-5-9-19)25(32)18-35-26-29-28-24(31(26)23-11-7-6-10-22(23)27)17-34-21-14-12-20(33-2)13-15-21/h3-15H,16-18H2,1-2H3. The highest BCUT2D eigenvalue weighted by atomic mass is 32.2. The number of halogens is 1. The van der Waals surface area contributed by atoms with Crippen LogP contribution in [0.3, 0.4) is 0 Å². The third-order valence-corrected chi connectivity index (χ3v) is 6.15. The van der Waals surface area contributed by atoms with E-state index in [2.05, 4.69) is 10.2 Å². The summed E-state index contributed by atoms with van der Waals surface area (Å²) in [6.45, 7) is 0.567. The van der Waals surface area contributed by atoms with Gasteiger partial charge < -0.3 is 14.4 Å². The number of hydrogen-bond acceptors (Lipinski definition) is 6. The van der Waals surface area contributed by atoms with Crippen LogP contribution in [0.4, 0.5) is 4.39 Å². The van der Waals surface area contributed by atoms with E-state index in [9.17, 15) is 9.18 Å². The number of para-hydroxylation sites is 1. The van der Waals surface area contributed by atoms with Gasteiger partial charge >= 0.3 is 0 Å². The van der Waals surface area contributed by atoms with Gasteiger partial charge in [-0.1, -0.05) is 54.2 Å². The lowest BCUT2D eigenvalue weighted by molar-refractivity contribution is -0.127. The van der Waals surface area contributed by atoms with E-state index in [1.807, 2.05) is 30.3 Å². The summed E-state index contributed by atoms with van der Waals surface area (Å²) in [5.41, 5.74) is 1.33. The van der Waals surface area contributed by atoms with Gasteiger partial charge in [0, 0.05) is 13.6 Å². The first-order valence-electron chi connectivity index (χ1n) is 10.9. The molecule has 0 fully saturated rings. The Labute approximate surface area is 207 Å². The number of rotatable bonds is 10. The van der Waals surface area contributed by atoms with Gasteiger partial charge in [-0.25, -0.2) is 4.39 Å². The molecular formula is C26H25FN4O3S. The predicted octanol–water partition coefficient (Wildman–Crippen LogP) is 4.74. The second kappa shape index (κ2) is 11.5. The minimum absolute atomic E-state index is 0.0656. The van der Waals surface area contributed by atoms with Crippen LogP contribution in [0.15, 0.2) is 84.0 Å². The van der Waals surface area contributed by atoms with E-state index in [0.717, 1.165) is 5.56 Å². The van der Waals surface area contributed by atoms with Gasteiger partial charge in [-0.3, -0.25) is 9.36 Å². The molecule has 0 bridgehead atoms. The zero-order valence-electron chi connectivity index (χ0n) is 19.4. The van der Waals surface area contributed by atoms with Crippen molar-refractivity contribution in [3.8, 4) is 17.2 Å². The maximum atomic E-state index is 14.7. The summed E-state index contributed by atoms with van der Waals surface area (Å²) in [5, 5.41) is 8.86. The van der Waals surface area contributed by atoms with Crippen molar-refractivity contribution in [2.75, 3.05) is 19.9 Å². The predicted molar refractivity (Wildman–Crippen MR) is 132 cm³/mol. The molecule has 0 aliphatic heterocycles. The number of thioether (sulfide) groups is 1. The molecule has 0 spiro atoms. The maximum Gasteiger partial charge on any atom is 0.233 e. The molecule has 4 rings (SSSR count). The molecule has 3 aromatic carbocycles. The smallest absolute Gasteiger partial charge is 0.233 e. The van der Waals surface area contributed by atoms with E-state index in [1.54, 1.807) is 66.1 Å². The number of nitrogens with zero attached hydrogens (tertiary/aromatic N) is 4. The molecule has 0 radical (unpaired) electrons. The minimum atomic E-state index is -0.424. The number of carbonyl (C=O) groups excluding carboxylic acids is 1. The number of benzene rings is 3. The second-order valence-electron chi connectivity index (χ2n) is 7.67. The first-order valence-corrected chi connectivity index (χ1v) is 11.9. The van der Waals surface area contributed by atoms with Gasteiger partial charge in [0.05, 0.1) is 18.6 Å². The Balaban J connectivity index is 1.50. The Morgan fingerprint density at radius 1 is 0.971 bits per heavy atom. The number of amides is 1. The third kappa shape index (κ3) is 6.19. The van der Waals surface area contributed by atoms with Crippen LogP contribution in [0.25, 0.3) is 5.69 Å². The molecule has 0 aliphatic rings. The summed E-state index contributed by atoms with van der Waals surface area (Å²) in [6, 6.07) is 23.3. The number of hydrogen-bond donors (Lipinski definition) is 0. The minimum Gasteiger partial charge on any atom is -0.497 e. The van der Waals surface area contributed by atoms with Crippen molar-refractivity contribution >= 4 is 17.7 Å². The van der Waals surface area contributed by atoms with Crippen LogP contribution in [-0.2, 0) is 17.9 Å². The average molecular weight is 493 g/mol. The van der Waals surface area contributed by atoms with Crippen molar-refractivity contribution in [2.45, 2.75) is 18.3 Å². The molecule has 0 unspecified atom stereocenters. The monoisotopic (exact) mass is 492 g/mol. The van der Waals surface area contributed by atoms with Gasteiger partial charge in [-0.05, 0) is 42.0 Å². The Morgan fingerprint density at radius 2 is 1.66 bits per heavy atom. The van der Waals surface area contributed by atoms with Crippen LogP contribution in [0.1, 0.15) is 11.4 Å². The molecule has 1 heterocycles. The lowest BCUT2D eigenvalue weighted by atomic mass is 10.2. The molecule has 0 saturated carbocycles. The first-order chi connectivity index (χ1) is 17.0. The zero-order valence-corrected chi connectivity index (χ0v) is 20.2. The number of carbonyl (C=O) groups is 1. The van der Waals surface area contributed by atoms with Gasteiger partial charge in [0.2, 0.25) is 5.91 Å². The number of aromatic nitrogens is 3. The van der Waals surface area contributed by atoms with Gasteiger partial charge in [0.1, 0.15) is 23.9 Å². The molecule has 1 aromatic heterocycles. The fraction of sp³-hybridized carbons (Fsp3) is 0.192. The third-order valence-electron chi connectivity index (χ3n) is 5.23. The van der Waals surface area contributed by atoms with E-state index in [0.29, 0.717) is 34.7 Å². The van der Waals surface area contributed by atoms with Crippen molar-refractivity contribution in [3.05, 3.63) is 96.1 Å². The summed E-state index contributed by atoms with van der Waals surface area (Å²) in [7, 11) is 3.35. The van der Waals surface area contributed by atoms with E-state index in [1.165, 1.54) is 17.8 Å². The molecule has 7 nitrogen and oxygen atoms in total. The fourth-order valence-electron chi connectivity index (χ4n) is 3.36. The molecule has 35 heavy (non-hydrogen) atoms. The summed E-state index contributed by atoms with van der Waals surface area (Å²) in [6.07, 6.45) is 0. The summed E-state index contributed by atoms with van der Waals surface area (Å²) >= 11 is 1.20. The van der Waals surface area contributed by atoms with E-state index in [-0.39, 0.29) is 18.3 Å². The van der Waals surface area contributed by atoms with Crippen molar-refractivity contribution in [1.82, 2.24) is 19.7 Å². The average Bonchev–Trinajstić information content (AvgIpc) is 3.29. The SMILES string of the molecule is COc1ccc(OCc2nnc(SCC(=O)N(C)Cc3ccccc3)n2-c2ccccc2F)cc1. The van der Waals surface area contributed by atoms with Crippen LogP contribution in [0.2, 0.25) is 0 Å². The summed E-state index contributed by atoms with van der Waals surface area (Å²) in [4.78, 5) is 14.4. The van der Waals surface area contributed by atoms with Gasteiger partial charge in [-0.15, -0.1) is 10.2 Å². The van der Waals surface area contributed by atoms with Gasteiger partial charge in [-0.2, -0.15) is 0 Å². The quantitative estimate of drug-likeness (QED) is 0.298. The molecule has 4 aromatic rings. The van der Waals surface area contributed by atoms with Crippen molar-refractivity contribution < 1.29 is 18.7 Å². The fourth-order valence-corrected chi connectivity index (χ4v) is 4.27. The summed E-state index contributed by atoms with van der Waals surface area (Å²) < 4.78 is 27.3. The first kappa shape index (κ1) is 24.3. The molecule has 0 saturated heterocycles. The van der Waals surface area contributed by atoms with E-state index < -0.39 is 5.82 Å². The zero-order chi connectivity index (χ0) is 24.6. The number of ether oxygens (including phenoxy) is 2. The van der Waals surface area contributed by atoms with Crippen LogP contribution >= 0.6 is 11.8 Å². The highest BCUT2D eigenvalue weighted by Gasteiger charge is 2.20. The molecule has 0 atom stereocenters.